The molecule has 0 unspecified atom stereocenters. The second-order valence-electron chi connectivity index (χ2n) is 3.01. The second-order valence-corrected chi connectivity index (χ2v) is 4.43. The van der Waals surface area contributed by atoms with Gasteiger partial charge in [0.15, 0.2) is 0 Å². The zero-order valence-corrected chi connectivity index (χ0v) is 8.35. The number of aryl methyl sites for hydroxylation is 1. The Kier molecular flexibility index (Phi) is 2.79. The molecule has 0 saturated carbocycles. The highest BCUT2D eigenvalue weighted by Crippen LogP contribution is 2.31. The van der Waals surface area contributed by atoms with Crippen molar-refractivity contribution in [2.24, 2.45) is 0 Å². The minimum atomic E-state index is -4.63. The lowest BCUT2D eigenvalue weighted by atomic mass is 10.1. The molecule has 1 N–H and O–H groups in total. The highest BCUT2D eigenvalue weighted by Gasteiger charge is 2.31. The Labute approximate surface area is 84.3 Å². The minimum absolute atomic E-state index is 0.109. The SMILES string of the molecule is Cc1cc(C(F)(F)F)cc(S(=O)(=O)O)c1. The van der Waals surface area contributed by atoms with E-state index < -0.39 is 26.8 Å². The number of hydrogen-bond acceptors (Lipinski definition) is 2. The monoisotopic (exact) mass is 240 g/mol. The normalized spacial score (nSPS) is 12.9. The third kappa shape index (κ3) is 2.93. The molecule has 0 aliphatic rings. The van der Waals surface area contributed by atoms with Crippen molar-refractivity contribution in [3.05, 3.63) is 29.3 Å². The lowest BCUT2D eigenvalue weighted by Gasteiger charge is -2.08. The zero-order chi connectivity index (χ0) is 11.9. The fourth-order valence-corrected chi connectivity index (χ4v) is 1.67. The van der Waals surface area contributed by atoms with Crippen LogP contribution in [0.4, 0.5) is 13.2 Å². The molecule has 1 rings (SSSR count). The van der Waals surface area contributed by atoms with Gasteiger partial charge in [-0.1, -0.05) is 0 Å². The average molecular weight is 240 g/mol. The van der Waals surface area contributed by atoms with E-state index in [1.54, 1.807) is 0 Å². The Bertz CT molecular complexity index is 476. The summed E-state index contributed by atoms with van der Waals surface area (Å²) in [5.41, 5.74) is -0.993. The van der Waals surface area contributed by atoms with E-state index in [0.29, 0.717) is 6.07 Å². The molecule has 0 atom stereocenters. The lowest BCUT2D eigenvalue weighted by molar-refractivity contribution is -0.137. The van der Waals surface area contributed by atoms with Crippen LogP contribution in [0, 0.1) is 6.92 Å². The Balaban J connectivity index is 3.43. The van der Waals surface area contributed by atoms with Crippen molar-refractivity contribution >= 4 is 10.1 Å². The van der Waals surface area contributed by atoms with E-state index in [1.165, 1.54) is 6.92 Å². The van der Waals surface area contributed by atoms with Gasteiger partial charge in [-0.3, -0.25) is 4.55 Å². The van der Waals surface area contributed by atoms with Crippen LogP contribution in [-0.4, -0.2) is 13.0 Å². The van der Waals surface area contributed by atoms with Crippen molar-refractivity contribution in [3.63, 3.8) is 0 Å². The summed E-state index contributed by atoms with van der Waals surface area (Å²) >= 11 is 0. The Morgan fingerprint density at radius 3 is 2.13 bits per heavy atom. The summed E-state index contributed by atoms with van der Waals surface area (Å²) in [7, 11) is -4.61. The molecule has 0 saturated heterocycles. The fourth-order valence-electron chi connectivity index (χ4n) is 1.06. The molecule has 3 nitrogen and oxygen atoms in total. The van der Waals surface area contributed by atoms with E-state index in [-0.39, 0.29) is 5.56 Å². The van der Waals surface area contributed by atoms with Crippen LogP contribution < -0.4 is 0 Å². The Morgan fingerprint density at radius 1 is 1.20 bits per heavy atom. The summed E-state index contributed by atoms with van der Waals surface area (Å²) in [6.45, 7) is 1.31. The quantitative estimate of drug-likeness (QED) is 0.766. The topological polar surface area (TPSA) is 54.4 Å². The van der Waals surface area contributed by atoms with Gasteiger partial charge in [0.1, 0.15) is 0 Å². The molecule has 1 aromatic carbocycles. The maximum absolute atomic E-state index is 12.3. The van der Waals surface area contributed by atoms with Gasteiger partial charge in [-0.05, 0) is 30.7 Å². The highest BCUT2D eigenvalue weighted by molar-refractivity contribution is 7.85. The van der Waals surface area contributed by atoms with Gasteiger partial charge in [0, 0.05) is 0 Å². The predicted octanol–water partition coefficient (Wildman–Crippen LogP) is 2.26. The summed E-state index contributed by atoms with van der Waals surface area (Å²) in [4.78, 5) is -0.755. The van der Waals surface area contributed by atoms with Gasteiger partial charge < -0.3 is 0 Å². The molecular weight excluding hydrogens is 233 g/mol. The van der Waals surface area contributed by atoms with Crippen molar-refractivity contribution in [2.75, 3.05) is 0 Å². The van der Waals surface area contributed by atoms with Gasteiger partial charge in [0.2, 0.25) is 0 Å². The Morgan fingerprint density at radius 2 is 1.73 bits per heavy atom. The molecular formula is C8H7F3O3S. The third-order valence-electron chi connectivity index (χ3n) is 1.68. The zero-order valence-electron chi connectivity index (χ0n) is 7.54. The molecule has 0 spiro atoms. The van der Waals surface area contributed by atoms with Gasteiger partial charge in [-0.15, -0.1) is 0 Å². The second kappa shape index (κ2) is 3.49. The van der Waals surface area contributed by atoms with E-state index in [2.05, 4.69) is 0 Å². The van der Waals surface area contributed by atoms with E-state index >= 15 is 0 Å². The first-order valence-electron chi connectivity index (χ1n) is 3.77. The summed E-state index contributed by atoms with van der Waals surface area (Å²) in [5.74, 6) is 0. The largest absolute Gasteiger partial charge is 0.416 e. The number of halogens is 3. The lowest BCUT2D eigenvalue weighted by Crippen LogP contribution is -2.08. The molecule has 1 aromatic rings. The number of rotatable bonds is 1. The van der Waals surface area contributed by atoms with E-state index in [0.717, 1.165) is 12.1 Å². The first-order valence-corrected chi connectivity index (χ1v) is 5.21. The van der Waals surface area contributed by atoms with Crippen LogP contribution in [0.2, 0.25) is 0 Å². The van der Waals surface area contributed by atoms with Gasteiger partial charge in [-0.2, -0.15) is 21.6 Å². The first-order chi connectivity index (χ1) is 6.60. The maximum atomic E-state index is 12.3. The van der Waals surface area contributed by atoms with Crippen molar-refractivity contribution < 1.29 is 26.1 Å². The number of hydrogen-bond donors (Lipinski definition) is 1. The summed E-state index contributed by atoms with van der Waals surface area (Å²) in [6.07, 6.45) is -4.63. The summed E-state index contributed by atoms with van der Waals surface area (Å²) in [5, 5.41) is 0. The number of alkyl halides is 3. The third-order valence-corrected chi connectivity index (χ3v) is 2.51. The van der Waals surface area contributed by atoms with Crippen LogP contribution in [0.25, 0.3) is 0 Å². The fraction of sp³-hybridized carbons (Fsp3) is 0.250. The molecule has 0 radical (unpaired) electrons. The van der Waals surface area contributed by atoms with Crippen LogP contribution in [0.1, 0.15) is 11.1 Å². The van der Waals surface area contributed by atoms with Crippen molar-refractivity contribution in [1.29, 1.82) is 0 Å². The Hall–Kier alpha value is -1.08. The molecule has 0 fully saturated rings. The van der Waals surface area contributed by atoms with E-state index in [1.807, 2.05) is 0 Å². The van der Waals surface area contributed by atoms with Crippen LogP contribution in [0.3, 0.4) is 0 Å². The minimum Gasteiger partial charge on any atom is -0.282 e. The summed E-state index contributed by atoms with van der Waals surface area (Å²) < 4.78 is 66.7. The molecule has 7 heteroatoms. The van der Waals surface area contributed by atoms with Gasteiger partial charge in [0.25, 0.3) is 10.1 Å². The van der Waals surface area contributed by atoms with Crippen LogP contribution >= 0.6 is 0 Å². The van der Waals surface area contributed by atoms with Crippen LogP contribution in [0.5, 0.6) is 0 Å². The summed E-state index contributed by atoms with van der Waals surface area (Å²) in [6, 6.07) is 2.15. The molecule has 15 heavy (non-hydrogen) atoms. The molecule has 0 aliphatic heterocycles. The predicted molar refractivity (Wildman–Crippen MR) is 46.0 cm³/mol. The standard InChI is InChI=1S/C8H7F3O3S/c1-5-2-6(8(9,10)11)4-7(3-5)15(12,13)14/h2-4H,1H3,(H,12,13,14). The van der Waals surface area contributed by atoms with Crippen molar-refractivity contribution in [3.8, 4) is 0 Å². The maximum Gasteiger partial charge on any atom is 0.416 e. The van der Waals surface area contributed by atoms with Crippen LogP contribution in [-0.2, 0) is 16.3 Å². The average Bonchev–Trinajstić information content (AvgIpc) is 1.99. The molecule has 0 aliphatic carbocycles. The van der Waals surface area contributed by atoms with Crippen LogP contribution in [0.15, 0.2) is 23.1 Å². The molecule has 0 aromatic heterocycles. The van der Waals surface area contributed by atoms with Gasteiger partial charge in [-0.25, -0.2) is 0 Å². The van der Waals surface area contributed by atoms with Crippen molar-refractivity contribution in [1.82, 2.24) is 0 Å². The first kappa shape index (κ1) is 12.0. The smallest absolute Gasteiger partial charge is 0.282 e. The molecule has 0 amide bonds. The molecule has 0 bridgehead atoms. The molecule has 84 valence electrons. The van der Waals surface area contributed by atoms with E-state index in [4.69, 9.17) is 4.55 Å². The van der Waals surface area contributed by atoms with Gasteiger partial charge >= 0.3 is 6.18 Å². The highest BCUT2D eigenvalue weighted by atomic mass is 32.2. The van der Waals surface area contributed by atoms with E-state index in [9.17, 15) is 21.6 Å². The van der Waals surface area contributed by atoms with Crippen molar-refractivity contribution in [2.45, 2.75) is 18.0 Å². The molecule has 0 heterocycles. The van der Waals surface area contributed by atoms with Gasteiger partial charge in [0.05, 0.1) is 10.5 Å². The number of benzene rings is 1.